The Morgan fingerprint density at radius 2 is 1.30 bits per heavy atom. The van der Waals surface area contributed by atoms with Gasteiger partial charge in [0.05, 0.1) is 0 Å². The van der Waals surface area contributed by atoms with E-state index in [1.807, 2.05) is 74.5 Å². The number of carbonyl (C=O) groups excluding carboxylic acids is 3. The highest BCUT2D eigenvalue weighted by atomic mass is 32.2. The summed E-state index contributed by atoms with van der Waals surface area (Å²) in [7, 11) is 0. The summed E-state index contributed by atoms with van der Waals surface area (Å²) < 4.78 is 13.5. The second kappa shape index (κ2) is 15.0. The molecule has 8 heteroatoms. The number of carbonyl (C=O) groups is 3. The zero-order chi connectivity index (χ0) is 32.5. The molecule has 0 aliphatic carbocycles. The van der Waals surface area contributed by atoms with E-state index in [2.05, 4.69) is 16.0 Å². The normalized spacial score (nSPS) is 11.8. The smallest absolute Gasteiger partial charge is 0.272 e. The minimum atomic E-state index is -0.552. The summed E-state index contributed by atoms with van der Waals surface area (Å²) in [5, 5.41) is 8.10. The number of hydrogen-bond donors (Lipinski definition) is 3. The molecule has 5 aromatic rings. The van der Waals surface area contributed by atoms with Crippen LogP contribution in [0.25, 0.3) is 6.08 Å². The van der Waals surface area contributed by atoms with Gasteiger partial charge in [-0.3, -0.25) is 14.4 Å². The lowest BCUT2D eigenvalue weighted by atomic mass is 10.1. The number of benzene rings is 5. The summed E-state index contributed by atoms with van der Waals surface area (Å²) >= 11 is 1.40. The standard InChI is InChI=1S/C38H32FN3O3S/c1-25-10-9-11-26(2)34(25)42-38(45)35(28-12-5-3-6-13-28)46-32-22-20-31(21-23-32)40-37(44)33(24-27-16-18-30(39)19-17-27)41-36(43)29-14-7-4-8-15-29/h3-24,35H,1-2H3,(H,40,44)(H,41,43)(H,42,45)/b33-24-. The summed E-state index contributed by atoms with van der Waals surface area (Å²) in [6.45, 7) is 3.93. The van der Waals surface area contributed by atoms with Crippen LogP contribution in [0.1, 0.15) is 37.9 Å². The molecule has 1 unspecified atom stereocenters. The van der Waals surface area contributed by atoms with Gasteiger partial charge in [0, 0.05) is 21.8 Å². The molecule has 0 aromatic heterocycles. The summed E-state index contributed by atoms with van der Waals surface area (Å²) in [6.07, 6.45) is 1.49. The van der Waals surface area contributed by atoms with E-state index in [0.717, 1.165) is 27.3 Å². The monoisotopic (exact) mass is 629 g/mol. The third-order valence-corrected chi connectivity index (χ3v) is 8.41. The average Bonchev–Trinajstić information content (AvgIpc) is 3.07. The molecule has 3 N–H and O–H groups in total. The molecule has 0 heterocycles. The van der Waals surface area contributed by atoms with Crippen LogP contribution in [0.5, 0.6) is 0 Å². The van der Waals surface area contributed by atoms with Gasteiger partial charge in [-0.2, -0.15) is 0 Å². The predicted octanol–water partition coefficient (Wildman–Crippen LogP) is 8.32. The van der Waals surface area contributed by atoms with Crippen molar-refractivity contribution in [2.75, 3.05) is 10.6 Å². The van der Waals surface area contributed by atoms with E-state index in [-0.39, 0.29) is 11.6 Å². The molecule has 0 saturated heterocycles. The van der Waals surface area contributed by atoms with Crippen LogP contribution >= 0.6 is 11.8 Å². The molecule has 0 spiro atoms. The van der Waals surface area contributed by atoms with Crippen molar-refractivity contribution in [3.63, 3.8) is 0 Å². The number of nitrogens with one attached hydrogen (secondary N) is 3. The van der Waals surface area contributed by atoms with Crippen LogP contribution in [0.15, 0.2) is 138 Å². The van der Waals surface area contributed by atoms with Crippen molar-refractivity contribution >= 4 is 46.9 Å². The number of halogens is 1. The van der Waals surface area contributed by atoms with Gasteiger partial charge in [0.25, 0.3) is 11.8 Å². The Kier molecular flexibility index (Phi) is 10.4. The van der Waals surface area contributed by atoms with Crippen LogP contribution < -0.4 is 16.0 Å². The van der Waals surface area contributed by atoms with Gasteiger partial charge >= 0.3 is 0 Å². The van der Waals surface area contributed by atoms with Crippen LogP contribution in [0.3, 0.4) is 0 Å². The van der Waals surface area contributed by atoms with E-state index in [0.29, 0.717) is 16.8 Å². The molecule has 3 amide bonds. The van der Waals surface area contributed by atoms with E-state index < -0.39 is 22.9 Å². The Balaban J connectivity index is 1.33. The number of thioether (sulfide) groups is 1. The topological polar surface area (TPSA) is 87.3 Å². The molecule has 46 heavy (non-hydrogen) atoms. The average molecular weight is 630 g/mol. The summed E-state index contributed by atoms with van der Waals surface area (Å²) in [5.74, 6) is -1.56. The summed E-state index contributed by atoms with van der Waals surface area (Å²) in [6, 6.07) is 36.7. The highest BCUT2D eigenvalue weighted by molar-refractivity contribution is 8.00. The first kappa shape index (κ1) is 31.9. The molecule has 0 saturated carbocycles. The fourth-order valence-corrected chi connectivity index (χ4v) is 5.75. The maximum Gasteiger partial charge on any atom is 0.272 e. The number of hydrogen-bond acceptors (Lipinski definition) is 4. The lowest BCUT2D eigenvalue weighted by Crippen LogP contribution is -2.30. The Morgan fingerprint density at radius 3 is 1.93 bits per heavy atom. The number of amides is 3. The Morgan fingerprint density at radius 1 is 0.696 bits per heavy atom. The molecular weight excluding hydrogens is 598 g/mol. The largest absolute Gasteiger partial charge is 0.324 e. The number of anilines is 2. The third kappa shape index (κ3) is 8.37. The maximum atomic E-state index is 13.6. The number of para-hydroxylation sites is 1. The highest BCUT2D eigenvalue weighted by Crippen LogP contribution is 2.37. The zero-order valence-electron chi connectivity index (χ0n) is 25.3. The summed E-state index contributed by atoms with van der Waals surface area (Å²) in [4.78, 5) is 40.7. The second-order valence-corrected chi connectivity index (χ2v) is 11.8. The van der Waals surface area contributed by atoms with E-state index in [1.54, 1.807) is 42.5 Å². The van der Waals surface area contributed by atoms with Gasteiger partial charge in [-0.25, -0.2) is 4.39 Å². The summed E-state index contributed by atoms with van der Waals surface area (Å²) in [5.41, 5.74) is 5.04. The van der Waals surface area contributed by atoms with E-state index in [4.69, 9.17) is 0 Å². The lowest BCUT2D eigenvalue weighted by Gasteiger charge is -2.19. The van der Waals surface area contributed by atoms with Crippen molar-refractivity contribution < 1.29 is 18.8 Å². The molecule has 0 fully saturated rings. The highest BCUT2D eigenvalue weighted by Gasteiger charge is 2.23. The van der Waals surface area contributed by atoms with Gasteiger partial charge in [0.2, 0.25) is 5.91 Å². The Bertz CT molecular complexity index is 1840. The van der Waals surface area contributed by atoms with Crippen molar-refractivity contribution in [1.82, 2.24) is 5.32 Å². The second-order valence-electron chi connectivity index (χ2n) is 10.6. The minimum absolute atomic E-state index is 0.00813. The molecule has 230 valence electrons. The third-order valence-electron chi connectivity index (χ3n) is 7.15. The molecule has 0 radical (unpaired) electrons. The van der Waals surface area contributed by atoms with Gasteiger partial charge in [0.1, 0.15) is 16.8 Å². The molecule has 5 rings (SSSR count). The quantitative estimate of drug-likeness (QED) is 0.107. The fraction of sp³-hybridized carbons (Fsp3) is 0.0789. The van der Waals surface area contributed by atoms with Gasteiger partial charge in [-0.15, -0.1) is 11.8 Å². The molecule has 0 aliphatic heterocycles. The van der Waals surface area contributed by atoms with Crippen LogP contribution in [0.2, 0.25) is 0 Å². The lowest BCUT2D eigenvalue weighted by molar-refractivity contribution is -0.116. The Hall–Kier alpha value is -5.47. The molecule has 5 aromatic carbocycles. The van der Waals surface area contributed by atoms with Gasteiger partial charge < -0.3 is 16.0 Å². The van der Waals surface area contributed by atoms with E-state index >= 15 is 0 Å². The number of rotatable bonds is 10. The van der Waals surface area contributed by atoms with Crippen LogP contribution in [-0.4, -0.2) is 17.7 Å². The predicted molar refractivity (Wildman–Crippen MR) is 183 cm³/mol. The first-order valence-corrected chi connectivity index (χ1v) is 15.5. The first-order valence-electron chi connectivity index (χ1n) is 14.6. The maximum absolute atomic E-state index is 13.6. The molecule has 6 nitrogen and oxygen atoms in total. The van der Waals surface area contributed by atoms with E-state index in [9.17, 15) is 18.8 Å². The molecule has 1 atom stereocenters. The molecule has 0 aliphatic rings. The van der Waals surface area contributed by atoms with Gasteiger partial charge in [0.15, 0.2) is 0 Å². The molecule has 0 bridgehead atoms. The van der Waals surface area contributed by atoms with Crippen molar-refractivity contribution in [2.45, 2.75) is 24.0 Å². The first-order chi connectivity index (χ1) is 22.3. The van der Waals surface area contributed by atoms with Crippen molar-refractivity contribution in [3.8, 4) is 0 Å². The van der Waals surface area contributed by atoms with Gasteiger partial charge in [-0.05, 0) is 90.7 Å². The zero-order valence-corrected chi connectivity index (χ0v) is 26.1. The van der Waals surface area contributed by atoms with Crippen molar-refractivity contribution in [3.05, 3.63) is 167 Å². The molecular formula is C38H32FN3O3S. The van der Waals surface area contributed by atoms with Crippen molar-refractivity contribution in [1.29, 1.82) is 0 Å². The fourth-order valence-electron chi connectivity index (χ4n) is 4.72. The Labute approximate surface area is 271 Å². The van der Waals surface area contributed by atoms with Crippen LogP contribution in [-0.2, 0) is 9.59 Å². The van der Waals surface area contributed by atoms with Crippen molar-refractivity contribution in [2.24, 2.45) is 0 Å². The number of aryl methyl sites for hydroxylation is 2. The minimum Gasteiger partial charge on any atom is -0.324 e. The van der Waals surface area contributed by atoms with Crippen LogP contribution in [0, 0.1) is 19.7 Å². The van der Waals surface area contributed by atoms with E-state index in [1.165, 1.54) is 42.1 Å². The van der Waals surface area contributed by atoms with Crippen LogP contribution in [0.4, 0.5) is 15.8 Å². The SMILES string of the molecule is Cc1cccc(C)c1NC(=O)C(Sc1ccc(NC(=O)/C(=C/c2ccc(F)cc2)NC(=O)c2ccccc2)cc1)c1ccccc1. The van der Waals surface area contributed by atoms with Gasteiger partial charge in [-0.1, -0.05) is 78.9 Å².